The molecule has 0 atom stereocenters. The summed E-state index contributed by atoms with van der Waals surface area (Å²) in [5, 5.41) is 10.8. The molecule has 1 aliphatic rings. The number of carbonyl (C=O) groups excluding carboxylic acids is 1. The molecule has 0 bridgehead atoms. The molecule has 1 heterocycles. The normalized spacial score (nSPS) is 15.0. The summed E-state index contributed by atoms with van der Waals surface area (Å²) in [7, 11) is 3.87. The zero-order valence-electron chi connectivity index (χ0n) is 15.1. The van der Waals surface area contributed by atoms with Crippen molar-refractivity contribution >= 4 is 29.0 Å². The average Bonchev–Trinajstić information content (AvgIpc) is 2.62. The summed E-state index contributed by atoms with van der Waals surface area (Å²) in [4.78, 5) is 26.9. The van der Waals surface area contributed by atoms with Crippen molar-refractivity contribution in [1.82, 2.24) is 4.90 Å². The van der Waals surface area contributed by atoms with E-state index in [0.717, 1.165) is 0 Å². The van der Waals surface area contributed by atoms with Gasteiger partial charge in [-0.2, -0.15) is 0 Å². The summed E-state index contributed by atoms with van der Waals surface area (Å²) in [6, 6.07) is 11.1. The van der Waals surface area contributed by atoms with Crippen LogP contribution in [-0.4, -0.2) is 42.9 Å². The zero-order valence-corrected chi connectivity index (χ0v) is 15.1. The second kappa shape index (κ2) is 7.46. The lowest BCUT2D eigenvalue weighted by Crippen LogP contribution is -2.41. The second-order valence-corrected chi connectivity index (χ2v) is 6.45. The van der Waals surface area contributed by atoms with Gasteiger partial charge in [0.05, 0.1) is 10.6 Å². The highest BCUT2D eigenvalue weighted by atomic mass is 16.6. The van der Waals surface area contributed by atoms with Gasteiger partial charge in [0.15, 0.2) is 11.5 Å². The maximum atomic E-state index is 12.9. The molecule has 3 rings (SSSR count). The number of likely N-dealkylation sites (N-methyl/N-ethyl adjacent to an activating group) is 1. The van der Waals surface area contributed by atoms with E-state index < -0.39 is 4.92 Å². The fraction of sp³-hybridized carbons (Fsp3) is 0.211. The van der Waals surface area contributed by atoms with E-state index in [1.54, 1.807) is 41.3 Å². The molecule has 0 radical (unpaired) electrons. The van der Waals surface area contributed by atoms with Crippen molar-refractivity contribution in [3.63, 3.8) is 0 Å². The first kappa shape index (κ1) is 18.4. The van der Waals surface area contributed by atoms with Crippen LogP contribution in [0.3, 0.4) is 0 Å². The van der Waals surface area contributed by atoms with Crippen LogP contribution in [-0.2, 0) is 4.79 Å². The van der Waals surface area contributed by atoms with Crippen molar-refractivity contribution in [3.05, 3.63) is 63.9 Å². The number of ether oxygens (including phenoxy) is 1. The van der Waals surface area contributed by atoms with Crippen molar-refractivity contribution in [3.8, 4) is 5.75 Å². The number of anilines is 2. The SMILES string of the molecule is CN(C)CCN1C(=O)/C(=C\c2ccc([N+](=O)[O-])cc2)Oc2cc(N)ccc21. The molecule has 2 aromatic carbocycles. The highest BCUT2D eigenvalue weighted by molar-refractivity contribution is 6.10. The van der Waals surface area contributed by atoms with Crippen LogP contribution in [0.2, 0.25) is 0 Å². The number of hydrogen-bond donors (Lipinski definition) is 1. The quantitative estimate of drug-likeness (QED) is 0.376. The molecule has 0 unspecified atom stereocenters. The number of rotatable bonds is 5. The summed E-state index contributed by atoms with van der Waals surface area (Å²) >= 11 is 0. The van der Waals surface area contributed by atoms with Crippen molar-refractivity contribution in [2.75, 3.05) is 37.8 Å². The number of nitrogens with zero attached hydrogens (tertiary/aromatic N) is 3. The number of nitro groups is 1. The molecule has 0 aromatic heterocycles. The minimum atomic E-state index is -0.471. The summed E-state index contributed by atoms with van der Waals surface area (Å²) in [5.74, 6) is 0.370. The van der Waals surface area contributed by atoms with Crippen LogP contribution in [0.15, 0.2) is 48.2 Å². The highest BCUT2D eigenvalue weighted by Crippen LogP contribution is 2.37. The number of non-ortho nitro benzene ring substituents is 1. The van der Waals surface area contributed by atoms with Gasteiger partial charge in [-0.25, -0.2) is 0 Å². The topological polar surface area (TPSA) is 102 Å². The smallest absolute Gasteiger partial charge is 0.294 e. The monoisotopic (exact) mass is 368 g/mol. The maximum absolute atomic E-state index is 12.9. The Balaban J connectivity index is 1.96. The van der Waals surface area contributed by atoms with Gasteiger partial charge >= 0.3 is 0 Å². The van der Waals surface area contributed by atoms with Gasteiger partial charge in [-0.3, -0.25) is 14.9 Å². The predicted octanol–water partition coefficient (Wildman–Crippen LogP) is 2.51. The minimum absolute atomic E-state index is 0.0150. The molecule has 8 heteroatoms. The maximum Gasteiger partial charge on any atom is 0.294 e. The molecule has 0 fully saturated rings. The molecule has 27 heavy (non-hydrogen) atoms. The third-order valence-electron chi connectivity index (χ3n) is 4.12. The Morgan fingerprint density at radius 2 is 1.93 bits per heavy atom. The fourth-order valence-corrected chi connectivity index (χ4v) is 2.70. The lowest BCUT2D eigenvalue weighted by atomic mass is 10.1. The number of nitro benzene ring substituents is 1. The van der Waals surface area contributed by atoms with Crippen LogP contribution >= 0.6 is 0 Å². The number of nitrogen functional groups attached to an aromatic ring is 1. The van der Waals surface area contributed by atoms with Gasteiger partial charge in [0.25, 0.3) is 11.6 Å². The second-order valence-electron chi connectivity index (χ2n) is 6.45. The zero-order chi connectivity index (χ0) is 19.6. The van der Waals surface area contributed by atoms with Crippen molar-refractivity contribution in [2.24, 2.45) is 0 Å². The van der Waals surface area contributed by atoms with Crippen LogP contribution < -0.4 is 15.4 Å². The molecule has 0 spiro atoms. The minimum Gasteiger partial charge on any atom is -0.449 e. The van der Waals surface area contributed by atoms with Crippen LogP contribution in [0.4, 0.5) is 17.1 Å². The van der Waals surface area contributed by atoms with E-state index in [9.17, 15) is 14.9 Å². The molecule has 8 nitrogen and oxygen atoms in total. The predicted molar refractivity (Wildman–Crippen MR) is 103 cm³/mol. The lowest BCUT2D eigenvalue weighted by Gasteiger charge is -2.31. The number of hydrogen-bond acceptors (Lipinski definition) is 6. The third kappa shape index (κ3) is 4.06. The lowest BCUT2D eigenvalue weighted by molar-refractivity contribution is -0.384. The van der Waals surface area contributed by atoms with Gasteiger partial charge in [0.1, 0.15) is 0 Å². The summed E-state index contributed by atoms with van der Waals surface area (Å²) < 4.78 is 5.79. The number of amides is 1. The third-order valence-corrected chi connectivity index (χ3v) is 4.12. The molecule has 140 valence electrons. The first-order valence-electron chi connectivity index (χ1n) is 8.35. The molecular weight excluding hydrogens is 348 g/mol. The molecular formula is C19H20N4O4. The van der Waals surface area contributed by atoms with Crippen LogP contribution in [0, 0.1) is 10.1 Å². The number of carbonyl (C=O) groups is 1. The van der Waals surface area contributed by atoms with Gasteiger partial charge in [0, 0.05) is 37.0 Å². The molecule has 0 saturated carbocycles. The van der Waals surface area contributed by atoms with E-state index in [0.29, 0.717) is 35.8 Å². The fourth-order valence-electron chi connectivity index (χ4n) is 2.70. The standard InChI is InChI=1S/C19H20N4O4/c1-21(2)9-10-22-16-8-5-14(20)12-17(16)27-18(19(22)24)11-13-3-6-15(7-4-13)23(25)26/h3-8,11-12H,9-10,20H2,1-2H3/b18-11+. The average molecular weight is 368 g/mol. The Bertz CT molecular complexity index is 906. The van der Waals surface area contributed by atoms with Gasteiger partial charge in [-0.15, -0.1) is 0 Å². The van der Waals surface area contributed by atoms with Crippen molar-refractivity contribution in [1.29, 1.82) is 0 Å². The summed E-state index contributed by atoms with van der Waals surface area (Å²) in [6.07, 6.45) is 1.57. The van der Waals surface area contributed by atoms with Gasteiger partial charge < -0.3 is 20.3 Å². The van der Waals surface area contributed by atoms with Gasteiger partial charge in [-0.1, -0.05) is 0 Å². The molecule has 1 aliphatic heterocycles. The Morgan fingerprint density at radius 3 is 2.56 bits per heavy atom. The first-order chi connectivity index (χ1) is 12.8. The molecule has 0 aliphatic carbocycles. The first-order valence-corrected chi connectivity index (χ1v) is 8.35. The Hall–Kier alpha value is -3.39. The Morgan fingerprint density at radius 1 is 1.22 bits per heavy atom. The largest absolute Gasteiger partial charge is 0.449 e. The Labute approximate surface area is 156 Å². The molecule has 0 saturated heterocycles. The van der Waals surface area contributed by atoms with E-state index in [1.807, 2.05) is 19.0 Å². The molecule has 2 aromatic rings. The van der Waals surface area contributed by atoms with Crippen LogP contribution in [0.5, 0.6) is 5.75 Å². The van der Waals surface area contributed by atoms with Crippen LogP contribution in [0.1, 0.15) is 5.56 Å². The number of nitrogens with two attached hydrogens (primary N) is 1. The van der Waals surface area contributed by atoms with Gasteiger partial charge in [-0.05, 0) is 50.0 Å². The van der Waals surface area contributed by atoms with E-state index in [2.05, 4.69) is 0 Å². The summed E-state index contributed by atoms with van der Waals surface area (Å²) in [5.41, 5.74) is 7.66. The van der Waals surface area contributed by atoms with Gasteiger partial charge in [0.2, 0.25) is 0 Å². The number of benzene rings is 2. The van der Waals surface area contributed by atoms with E-state index in [4.69, 9.17) is 10.5 Å². The molecule has 1 amide bonds. The van der Waals surface area contributed by atoms with E-state index in [-0.39, 0.29) is 17.4 Å². The van der Waals surface area contributed by atoms with E-state index >= 15 is 0 Å². The number of fused-ring (bicyclic) bond motifs is 1. The van der Waals surface area contributed by atoms with Crippen molar-refractivity contribution in [2.45, 2.75) is 0 Å². The van der Waals surface area contributed by atoms with Crippen molar-refractivity contribution < 1.29 is 14.5 Å². The Kier molecular flexibility index (Phi) is 5.09. The molecule has 2 N–H and O–H groups in total. The summed E-state index contributed by atoms with van der Waals surface area (Å²) in [6.45, 7) is 1.17. The van der Waals surface area contributed by atoms with E-state index in [1.165, 1.54) is 12.1 Å². The highest BCUT2D eigenvalue weighted by Gasteiger charge is 2.30. The van der Waals surface area contributed by atoms with Crippen LogP contribution in [0.25, 0.3) is 6.08 Å².